The zero-order chi connectivity index (χ0) is 15.4. The summed E-state index contributed by atoms with van der Waals surface area (Å²) < 4.78 is 5.77. The molecule has 0 aliphatic heterocycles. The Bertz CT molecular complexity index is 582. The predicted octanol–water partition coefficient (Wildman–Crippen LogP) is 4.45. The summed E-state index contributed by atoms with van der Waals surface area (Å²) in [5, 5.41) is 10.4. The fourth-order valence-electron chi connectivity index (χ4n) is 3.17. The monoisotopic (exact) mass is 333 g/mol. The lowest BCUT2D eigenvalue weighted by atomic mass is 9.91. The molecule has 124 valence electrons. The molecular formula is C19H24ClNO2. The first-order valence-electron chi connectivity index (χ1n) is 8.00. The van der Waals surface area contributed by atoms with Gasteiger partial charge < -0.3 is 15.6 Å². The number of halogens is 1. The quantitative estimate of drug-likeness (QED) is 0.849. The summed E-state index contributed by atoms with van der Waals surface area (Å²) in [5.74, 6) is 1.93. The van der Waals surface area contributed by atoms with Crippen molar-refractivity contribution >= 4 is 12.4 Å². The fraction of sp³-hybridized carbons (Fsp3) is 0.368. The van der Waals surface area contributed by atoms with Gasteiger partial charge in [-0.25, -0.2) is 0 Å². The molecule has 2 atom stereocenters. The number of ether oxygens (including phenoxy) is 1. The molecule has 2 aromatic rings. The van der Waals surface area contributed by atoms with E-state index in [4.69, 9.17) is 10.5 Å². The van der Waals surface area contributed by atoms with Crippen LogP contribution in [0.25, 0.3) is 0 Å². The minimum absolute atomic E-state index is 0. The summed E-state index contributed by atoms with van der Waals surface area (Å²) in [6, 6.07) is 17.1. The highest BCUT2D eigenvalue weighted by molar-refractivity contribution is 5.85. The van der Waals surface area contributed by atoms with Crippen molar-refractivity contribution in [3.63, 3.8) is 0 Å². The Balaban J connectivity index is 0.00000192. The molecule has 2 aromatic carbocycles. The molecule has 23 heavy (non-hydrogen) atoms. The standard InChI is InChI=1S/C19H23NO2.ClH/c20-18(19(21)15-6-4-5-7-15)14-10-12-17(13-11-14)22-16-8-2-1-3-9-16;/h1-3,8-13,15,18-19,21H,4-7,20H2;1H/t18-,19+;/m1./s1. The molecule has 1 saturated carbocycles. The first kappa shape index (κ1) is 17.8. The third-order valence-corrected chi connectivity index (χ3v) is 4.49. The largest absolute Gasteiger partial charge is 0.457 e. The highest BCUT2D eigenvalue weighted by atomic mass is 35.5. The highest BCUT2D eigenvalue weighted by Crippen LogP contribution is 2.33. The molecule has 0 spiro atoms. The van der Waals surface area contributed by atoms with Gasteiger partial charge in [0.1, 0.15) is 11.5 Å². The minimum Gasteiger partial charge on any atom is -0.457 e. The molecule has 4 heteroatoms. The van der Waals surface area contributed by atoms with Crippen LogP contribution in [0.3, 0.4) is 0 Å². The number of hydrogen-bond acceptors (Lipinski definition) is 3. The number of para-hydroxylation sites is 1. The van der Waals surface area contributed by atoms with Crippen molar-refractivity contribution < 1.29 is 9.84 Å². The summed E-state index contributed by atoms with van der Waals surface area (Å²) in [7, 11) is 0. The lowest BCUT2D eigenvalue weighted by Gasteiger charge is -2.24. The van der Waals surface area contributed by atoms with E-state index < -0.39 is 6.10 Å². The van der Waals surface area contributed by atoms with Crippen LogP contribution in [0.2, 0.25) is 0 Å². The minimum atomic E-state index is -0.455. The lowest BCUT2D eigenvalue weighted by molar-refractivity contribution is 0.0845. The van der Waals surface area contributed by atoms with Crippen LogP contribution in [-0.4, -0.2) is 11.2 Å². The van der Waals surface area contributed by atoms with Crippen molar-refractivity contribution in [2.45, 2.75) is 37.8 Å². The van der Waals surface area contributed by atoms with Gasteiger partial charge >= 0.3 is 0 Å². The van der Waals surface area contributed by atoms with Crippen LogP contribution in [0.1, 0.15) is 37.3 Å². The van der Waals surface area contributed by atoms with Crippen molar-refractivity contribution in [2.75, 3.05) is 0 Å². The van der Waals surface area contributed by atoms with E-state index in [9.17, 15) is 5.11 Å². The normalized spacial score (nSPS) is 17.3. The second kappa shape index (κ2) is 8.34. The van der Waals surface area contributed by atoms with Gasteiger partial charge in [-0.3, -0.25) is 0 Å². The Morgan fingerprint density at radius 1 is 0.913 bits per heavy atom. The topological polar surface area (TPSA) is 55.5 Å². The van der Waals surface area contributed by atoms with Crippen LogP contribution < -0.4 is 10.5 Å². The molecule has 0 radical (unpaired) electrons. The summed E-state index contributed by atoms with van der Waals surface area (Å²) >= 11 is 0. The zero-order valence-corrected chi connectivity index (χ0v) is 13.9. The zero-order valence-electron chi connectivity index (χ0n) is 13.1. The maximum Gasteiger partial charge on any atom is 0.127 e. The van der Waals surface area contributed by atoms with Crippen LogP contribution in [0.4, 0.5) is 0 Å². The molecule has 0 aromatic heterocycles. The first-order chi connectivity index (χ1) is 10.7. The van der Waals surface area contributed by atoms with Crippen molar-refractivity contribution in [3.8, 4) is 11.5 Å². The molecule has 3 N–H and O–H groups in total. The summed E-state index contributed by atoms with van der Waals surface area (Å²) in [6.45, 7) is 0. The number of benzene rings is 2. The van der Waals surface area contributed by atoms with Crippen LogP contribution in [0, 0.1) is 5.92 Å². The molecule has 0 bridgehead atoms. The van der Waals surface area contributed by atoms with Gasteiger partial charge in [-0.15, -0.1) is 12.4 Å². The number of nitrogens with two attached hydrogens (primary N) is 1. The highest BCUT2D eigenvalue weighted by Gasteiger charge is 2.28. The van der Waals surface area contributed by atoms with E-state index in [1.807, 2.05) is 54.6 Å². The van der Waals surface area contributed by atoms with Crippen LogP contribution >= 0.6 is 12.4 Å². The van der Waals surface area contributed by atoms with Crippen LogP contribution in [-0.2, 0) is 0 Å². The summed E-state index contributed by atoms with van der Waals surface area (Å²) in [4.78, 5) is 0. The Morgan fingerprint density at radius 2 is 1.48 bits per heavy atom. The molecule has 0 saturated heterocycles. The van der Waals surface area contributed by atoms with Crippen molar-refractivity contribution in [1.82, 2.24) is 0 Å². The maximum absolute atomic E-state index is 10.4. The van der Waals surface area contributed by atoms with E-state index in [0.29, 0.717) is 5.92 Å². The van der Waals surface area contributed by atoms with Gasteiger partial charge in [0.05, 0.1) is 12.1 Å². The summed E-state index contributed by atoms with van der Waals surface area (Å²) in [6.07, 6.45) is 4.13. The van der Waals surface area contributed by atoms with Crippen molar-refractivity contribution in [3.05, 3.63) is 60.2 Å². The van der Waals surface area contributed by atoms with Crippen molar-refractivity contribution in [2.24, 2.45) is 11.7 Å². The van der Waals surface area contributed by atoms with Gasteiger partial charge in [-0.05, 0) is 48.6 Å². The number of rotatable bonds is 5. The van der Waals surface area contributed by atoms with Crippen molar-refractivity contribution in [1.29, 1.82) is 0 Å². The molecule has 1 fully saturated rings. The molecule has 0 amide bonds. The smallest absolute Gasteiger partial charge is 0.127 e. The first-order valence-corrected chi connectivity index (χ1v) is 8.00. The van der Waals surface area contributed by atoms with Crippen LogP contribution in [0.5, 0.6) is 11.5 Å². The van der Waals surface area contributed by atoms with E-state index in [2.05, 4.69) is 0 Å². The van der Waals surface area contributed by atoms with Gasteiger partial charge in [-0.2, -0.15) is 0 Å². The Kier molecular flexibility index (Phi) is 6.46. The second-order valence-electron chi connectivity index (χ2n) is 6.05. The predicted molar refractivity (Wildman–Crippen MR) is 95.1 cm³/mol. The molecule has 3 rings (SSSR count). The van der Waals surface area contributed by atoms with E-state index >= 15 is 0 Å². The second-order valence-corrected chi connectivity index (χ2v) is 6.05. The van der Waals surface area contributed by atoms with Gasteiger partial charge in [-0.1, -0.05) is 43.2 Å². The summed E-state index contributed by atoms with van der Waals surface area (Å²) in [5.41, 5.74) is 7.19. The lowest BCUT2D eigenvalue weighted by Crippen LogP contribution is -2.31. The van der Waals surface area contributed by atoms with E-state index in [0.717, 1.165) is 29.9 Å². The third-order valence-electron chi connectivity index (χ3n) is 4.49. The molecule has 0 unspecified atom stereocenters. The number of aliphatic hydroxyl groups excluding tert-OH is 1. The van der Waals surface area contributed by atoms with Gasteiger partial charge in [0.15, 0.2) is 0 Å². The van der Waals surface area contributed by atoms with Gasteiger partial charge in [0.2, 0.25) is 0 Å². The Morgan fingerprint density at radius 3 is 2.09 bits per heavy atom. The maximum atomic E-state index is 10.4. The van der Waals surface area contributed by atoms with E-state index in [1.165, 1.54) is 12.8 Å². The van der Waals surface area contributed by atoms with Crippen LogP contribution in [0.15, 0.2) is 54.6 Å². The molecule has 3 nitrogen and oxygen atoms in total. The molecule has 1 aliphatic carbocycles. The molecule has 0 heterocycles. The average molecular weight is 334 g/mol. The Hall–Kier alpha value is -1.55. The number of hydrogen-bond donors (Lipinski definition) is 2. The third kappa shape index (κ3) is 4.47. The van der Waals surface area contributed by atoms with Gasteiger partial charge in [0, 0.05) is 0 Å². The molecular weight excluding hydrogens is 310 g/mol. The SMILES string of the molecule is Cl.N[C@H](c1ccc(Oc2ccccc2)cc1)[C@@H](O)C1CCCC1. The van der Waals surface area contributed by atoms with E-state index in [1.54, 1.807) is 0 Å². The Labute approximate surface area is 143 Å². The van der Waals surface area contributed by atoms with Gasteiger partial charge in [0.25, 0.3) is 0 Å². The number of aliphatic hydroxyl groups is 1. The average Bonchev–Trinajstić information content (AvgIpc) is 3.10. The van der Waals surface area contributed by atoms with E-state index in [-0.39, 0.29) is 18.4 Å². The fourth-order valence-corrected chi connectivity index (χ4v) is 3.17. The molecule has 1 aliphatic rings.